The zero-order chi connectivity index (χ0) is 27.3. The standard InChI is InChI=1S/C27H30N4O7/c1-30(15-24(35)36)23(34)14-29-22(33)17-38-21-7-5-19(6-8-21)25-27(9-11-28-12-10-27)26(37)31(25)20-4-2-3-18(13-20)16-32/h2-8,13,16,25,28H,9-12,14-15,17H2,1H3,(H,29,33)(H,35,36). The Balaban J connectivity index is 1.42. The van der Waals surface area contributed by atoms with Crippen molar-refractivity contribution in [2.75, 3.05) is 44.7 Å². The van der Waals surface area contributed by atoms with Gasteiger partial charge in [0.15, 0.2) is 6.61 Å². The molecule has 3 amide bonds. The molecule has 0 aromatic heterocycles. The van der Waals surface area contributed by atoms with Gasteiger partial charge in [0.1, 0.15) is 18.6 Å². The van der Waals surface area contributed by atoms with Crippen molar-refractivity contribution >= 4 is 35.7 Å². The van der Waals surface area contributed by atoms with Crippen LogP contribution in [0.2, 0.25) is 0 Å². The number of benzene rings is 2. The Hall–Kier alpha value is -4.25. The van der Waals surface area contributed by atoms with Crippen LogP contribution in [0, 0.1) is 5.41 Å². The van der Waals surface area contributed by atoms with Gasteiger partial charge in [-0.1, -0.05) is 24.3 Å². The maximum Gasteiger partial charge on any atom is 0.323 e. The van der Waals surface area contributed by atoms with Crippen molar-refractivity contribution in [3.05, 3.63) is 59.7 Å². The van der Waals surface area contributed by atoms with E-state index in [0.29, 0.717) is 29.8 Å². The molecule has 1 spiro atoms. The average molecular weight is 523 g/mol. The first-order valence-corrected chi connectivity index (χ1v) is 12.3. The topological polar surface area (TPSA) is 145 Å². The Labute approximate surface area is 219 Å². The molecule has 11 nitrogen and oxygen atoms in total. The number of aliphatic carboxylic acids is 1. The molecule has 3 N–H and O–H groups in total. The third kappa shape index (κ3) is 5.52. The molecular formula is C27H30N4O7. The molecule has 1 atom stereocenters. The molecule has 11 heteroatoms. The van der Waals surface area contributed by atoms with Crippen LogP contribution < -0.4 is 20.3 Å². The smallest absolute Gasteiger partial charge is 0.323 e. The molecule has 2 fully saturated rings. The summed E-state index contributed by atoms with van der Waals surface area (Å²) in [6.45, 7) is 0.378. The van der Waals surface area contributed by atoms with E-state index < -0.39 is 29.7 Å². The van der Waals surface area contributed by atoms with Gasteiger partial charge in [0.2, 0.25) is 11.8 Å². The molecule has 0 aliphatic carbocycles. The van der Waals surface area contributed by atoms with Gasteiger partial charge in [0, 0.05) is 18.3 Å². The van der Waals surface area contributed by atoms with Crippen LogP contribution in [-0.4, -0.2) is 79.8 Å². The summed E-state index contributed by atoms with van der Waals surface area (Å²) in [7, 11) is 1.34. The van der Waals surface area contributed by atoms with Crippen LogP contribution in [0.5, 0.6) is 5.75 Å². The van der Waals surface area contributed by atoms with Gasteiger partial charge in [0.05, 0.1) is 18.0 Å². The zero-order valence-electron chi connectivity index (χ0n) is 21.0. The fourth-order valence-corrected chi connectivity index (χ4v) is 5.04. The third-order valence-electron chi connectivity index (χ3n) is 7.01. The van der Waals surface area contributed by atoms with E-state index in [1.54, 1.807) is 35.2 Å². The first-order valence-electron chi connectivity index (χ1n) is 12.3. The zero-order valence-corrected chi connectivity index (χ0v) is 21.0. The molecule has 2 aromatic rings. The van der Waals surface area contributed by atoms with E-state index in [9.17, 15) is 24.0 Å². The molecule has 4 rings (SSSR count). The first-order chi connectivity index (χ1) is 18.2. The number of carbonyl (C=O) groups is 5. The Morgan fingerprint density at radius 2 is 1.89 bits per heavy atom. The number of anilines is 1. The van der Waals surface area contributed by atoms with E-state index in [4.69, 9.17) is 9.84 Å². The maximum atomic E-state index is 13.5. The van der Waals surface area contributed by atoms with Crippen LogP contribution >= 0.6 is 0 Å². The lowest BCUT2D eigenvalue weighted by Crippen LogP contribution is -2.66. The Morgan fingerprint density at radius 1 is 1.18 bits per heavy atom. The average Bonchev–Trinajstić information content (AvgIpc) is 2.93. The van der Waals surface area contributed by atoms with Crippen LogP contribution in [-0.2, 0) is 19.2 Å². The number of β-lactam (4-membered cyclic amide) rings is 1. The molecule has 2 aromatic carbocycles. The van der Waals surface area contributed by atoms with Gasteiger partial charge in [-0.15, -0.1) is 0 Å². The lowest BCUT2D eigenvalue weighted by atomic mass is 9.62. The predicted molar refractivity (Wildman–Crippen MR) is 137 cm³/mol. The Kier molecular flexibility index (Phi) is 8.06. The Bertz CT molecular complexity index is 1220. The summed E-state index contributed by atoms with van der Waals surface area (Å²) in [5.41, 5.74) is 1.57. The van der Waals surface area contributed by atoms with Crippen molar-refractivity contribution in [2.24, 2.45) is 5.41 Å². The van der Waals surface area contributed by atoms with Crippen molar-refractivity contribution in [3.63, 3.8) is 0 Å². The number of nitrogens with one attached hydrogen (secondary N) is 2. The van der Waals surface area contributed by atoms with Gasteiger partial charge in [-0.3, -0.25) is 24.0 Å². The van der Waals surface area contributed by atoms with E-state index >= 15 is 0 Å². The largest absolute Gasteiger partial charge is 0.484 e. The lowest BCUT2D eigenvalue weighted by molar-refractivity contribution is -0.143. The number of carbonyl (C=O) groups excluding carboxylic acids is 4. The molecule has 200 valence electrons. The second-order valence-corrected chi connectivity index (χ2v) is 9.47. The van der Waals surface area contributed by atoms with E-state index in [1.807, 2.05) is 18.2 Å². The molecule has 2 saturated heterocycles. The fraction of sp³-hybridized carbons (Fsp3) is 0.370. The van der Waals surface area contributed by atoms with Gasteiger partial charge >= 0.3 is 5.97 Å². The maximum absolute atomic E-state index is 13.5. The molecule has 0 radical (unpaired) electrons. The van der Waals surface area contributed by atoms with Crippen molar-refractivity contribution in [2.45, 2.75) is 18.9 Å². The number of rotatable bonds is 10. The highest BCUT2D eigenvalue weighted by Crippen LogP contribution is 2.56. The quantitative estimate of drug-likeness (QED) is 0.310. The number of amides is 3. The second-order valence-electron chi connectivity index (χ2n) is 9.47. The minimum Gasteiger partial charge on any atom is -0.484 e. The number of ether oxygens (including phenoxy) is 1. The van der Waals surface area contributed by atoms with Crippen molar-refractivity contribution in [1.82, 2.24) is 15.5 Å². The Morgan fingerprint density at radius 3 is 2.55 bits per heavy atom. The number of carboxylic acid groups (broad SMARTS) is 1. The molecule has 0 saturated carbocycles. The van der Waals surface area contributed by atoms with Crippen LogP contribution in [0.4, 0.5) is 5.69 Å². The predicted octanol–water partition coefficient (Wildman–Crippen LogP) is 0.995. The summed E-state index contributed by atoms with van der Waals surface area (Å²) >= 11 is 0. The number of piperidine rings is 1. The number of hydrogen-bond acceptors (Lipinski definition) is 7. The third-order valence-corrected chi connectivity index (χ3v) is 7.01. The first kappa shape index (κ1) is 26.8. The normalized spacial score (nSPS) is 17.9. The van der Waals surface area contributed by atoms with Gasteiger partial charge in [-0.05, 0) is 55.8 Å². The highest BCUT2D eigenvalue weighted by atomic mass is 16.5. The van der Waals surface area contributed by atoms with Gasteiger partial charge in [-0.2, -0.15) is 0 Å². The SMILES string of the molecule is CN(CC(=O)O)C(=O)CNC(=O)COc1ccc(C2N(c3cccc(C=O)c3)C(=O)C23CCNCC3)cc1. The minimum absolute atomic E-state index is 0.0487. The summed E-state index contributed by atoms with van der Waals surface area (Å²) < 4.78 is 5.55. The van der Waals surface area contributed by atoms with Crippen LogP contribution in [0.15, 0.2) is 48.5 Å². The number of aldehydes is 1. The summed E-state index contributed by atoms with van der Waals surface area (Å²) in [4.78, 5) is 62.2. The van der Waals surface area contributed by atoms with Crippen LogP contribution in [0.25, 0.3) is 0 Å². The number of hydrogen-bond donors (Lipinski definition) is 3. The molecule has 2 heterocycles. The van der Waals surface area contributed by atoms with E-state index in [2.05, 4.69) is 10.6 Å². The number of nitrogens with zero attached hydrogens (tertiary/aromatic N) is 2. The molecule has 38 heavy (non-hydrogen) atoms. The lowest BCUT2D eigenvalue weighted by Gasteiger charge is -2.58. The van der Waals surface area contributed by atoms with Gasteiger partial charge < -0.3 is 30.3 Å². The number of carboxylic acids is 1. The fourth-order valence-electron chi connectivity index (χ4n) is 5.04. The van der Waals surface area contributed by atoms with E-state index in [1.165, 1.54) is 7.05 Å². The molecule has 2 aliphatic heterocycles. The molecule has 1 unspecified atom stereocenters. The van der Waals surface area contributed by atoms with Crippen molar-refractivity contribution in [3.8, 4) is 5.75 Å². The monoisotopic (exact) mass is 522 g/mol. The van der Waals surface area contributed by atoms with Crippen LogP contribution in [0.1, 0.15) is 34.8 Å². The summed E-state index contributed by atoms with van der Waals surface area (Å²) in [5, 5.41) is 14.5. The van der Waals surface area contributed by atoms with Crippen molar-refractivity contribution in [1.29, 1.82) is 0 Å². The second kappa shape index (κ2) is 11.4. The number of likely N-dealkylation sites (N-methyl/N-ethyl adjacent to an activating group) is 1. The summed E-state index contributed by atoms with van der Waals surface area (Å²) in [6, 6.07) is 14.0. The highest BCUT2D eigenvalue weighted by Gasteiger charge is 2.61. The van der Waals surface area contributed by atoms with Crippen molar-refractivity contribution < 1.29 is 33.8 Å². The van der Waals surface area contributed by atoms with Gasteiger partial charge in [-0.25, -0.2) is 0 Å². The molecular weight excluding hydrogens is 492 g/mol. The van der Waals surface area contributed by atoms with Crippen LogP contribution in [0.3, 0.4) is 0 Å². The minimum atomic E-state index is -1.14. The van der Waals surface area contributed by atoms with E-state index in [-0.39, 0.29) is 25.1 Å². The highest BCUT2D eigenvalue weighted by molar-refractivity contribution is 6.06. The van der Waals surface area contributed by atoms with Gasteiger partial charge in [0.25, 0.3) is 5.91 Å². The summed E-state index contributed by atoms with van der Waals surface area (Å²) in [5.74, 6) is -1.71. The molecule has 2 aliphatic rings. The van der Waals surface area contributed by atoms with E-state index in [0.717, 1.165) is 29.8 Å². The summed E-state index contributed by atoms with van der Waals surface area (Å²) in [6.07, 6.45) is 2.17. The molecule has 0 bridgehead atoms.